The van der Waals surface area contributed by atoms with Crippen molar-refractivity contribution in [1.82, 2.24) is 0 Å². The molecule has 1 heterocycles. The maximum absolute atomic E-state index is 2.44. The molecule has 0 aliphatic rings. The number of unbranched alkanes of at least 4 members (excludes halogenated alkanes) is 23. The van der Waals surface area contributed by atoms with E-state index in [9.17, 15) is 0 Å². The third kappa shape index (κ3) is 19.9. The molecule has 0 aliphatic carbocycles. The van der Waals surface area contributed by atoms with Gasteiger partial charge in [-0.2, -0.15) is 11.3 Å². The summed E-state index contributed by atoms with van der Waals surface area (Å²) >= 11 is 1.93. The molecule has 0 aliphatic heterocycles. The van der Waals surface area contributed by atoms with Crippen LogP contribution in [-0.2, 0) is 12.8 Å². The Morgan fingerprint density at radius 2 is 0.588 bits per heavy atom. The van der Waals surface area contributed by atoms with Crippen LogP contribution in [0.15, 0.2) is 10.8 Å². The van der Waals surface area contributed by atoms with E-state index in [4.69, 9.17) is 0 Å². The van der Waals surface area contributed by atoms with Gasteiger partial charge in [-0.05, 0) is 47.6 Å². The summed E-state index contributed by atoms with van der Waals surface area (Å²) in [7, 11) is 0. The van der Waals surface area contributed by atoms with Gasteiger partial charge in [0.05, 0.1) is 0 Å². The lowest BCUT2D eigenvalue weighted by Gasteiger charge is -2.06. The van der Waals surface area contributed by atoms with Gasteiger partial charge in [-0.1, -0.05) is 162 Å². The smallest absolute Gasteiger partial charge is 0.00584 e. The van der Waals surface area contributed by atoms with Crippen LogP contribution in [0.3, 0.4) is 0 Å². The molecule has 0 aromatic carbocycles. The van der Waals surface area contributed by atoms with E-state index in [1.807, 2.05) is 11.3 Å². The quantitative estimate of drug-likeness (QED) is 0.108. The van der Waals surface area contributed by atoms with Gasteiger partial charge >= 0.3 is 0 Å². The Hall–Kier alpha value is -0.300. The molecule has 0 radical (unpaired) electrons. The van der Waals surface area contributed by atoms with E-state index in [1.165, 1.54) is 173 Å². The molecule has 0 spiro atoms. The van der Waals surface area contributed by atoms with E-state index in [1.54, 1.807) is 11.1 Å². The molecule has 1 rings (SSSR count). The summed E-state index contributed by atoms with van der Waals surface area (Å²) in [6, 6.07) is 0. The first-order valence-electron chi connectivity index (χ1n) is 15.9. The molecular weight excluding hydrogens is 428 g/mol. The molecule has 0 saturated carbocycles. The van der Waals surface area contributed by atoms with Crippen LogP contribution in [-0.4, -0.2) is 0 Å². The molecule has 0 bridgehead atoms. The fourth-order valence-corrected chi connectivity index (χ4v) is 6.21. The van der Waals surface area contributed by atoms with Gasteiger partial charge in [0.1, 0.15) is 0 Å². The Morgan fingerprint density at radius 1 is 0.353 bits per heavy atom. The summed E-state index contributed by atoms with van der Waals surface area (Å²) < 4.78 is 0. The third-order valence-corrected chi connectivity index (χ3v) is 8.52. The minimum Gasteiger partial charge on any atom is -0.152 e. The Morgan fingerprint density at radius 3 is 0.853 bits per heavy atom. The highest BCUT2D eigenvalue weighted by atomic mass is 32.1. The minimum absolute atomic E-state index is 1.33. The second kappa shape index (κ2) is 25.8. The highest BCUT2D eigenvalue weighted by molar-refractivity contribution is 7.08. The van der Waals surface area contributed by atoms with Gasteiger partial charge in [0.25, 0.3) is 0 Å². The number of hydrogen-bond donors (Lipinski definition) is 0. The van der Waals surface area contributed by atoms with E-state index in [0.29, 0.717) is 0 Å². The summed E-state index contributed by atoms with van der Waals surface area (Å²) in [6.07, 6.45) is 38.9. The van der Waals surface area contributed by atoms with Crippen LogP contribution in [0, 0.1) is 0 Å². The first kappa shape index (κ1) is 31.7. The van der Waals surface area contributed by atoms with Crippen molar-refractivity contribution in [2.24, 2.45) is 0 Å². The van der Waals surface area contributed by atoms with Crippen molar-refractivity contribution >= 4 is 11.3 Å². The molecule has 0 atom stereocenters. The predicted octanol–water partition coefficient (Wildman–Crippen LogP) is 12.6. The van der Waals surface area contributed by atoms with Crippen molar-refractivity contribution in [3.63, 3.8) is 0 Å². The molecule has 0 unspecified atom stereocenters. The fourth-order valence-electron chi connectivity index (χ4n) is 5.28. The molecule has 1 aromatic heterocycles. The van der Waals surface area contributed by atoms with E-state index >= 15 is 0 Å². The second-order valence-electron chi connectivity index (χ2n) is 11.1. The van der Waals surface area contributed by atoms with Gasteiger partial charge in [0.15, 0.2) is 0 Å². The molecule has 0 fully saturated rings. The van der Waals surface area contributed by atoms with E-state index < -0.39 is 0 Å². The van der Waals surface area contributed by atoms with Crippen LogP contribution in [0.5, 0.6) is 0 Å². The lowest BCUT2D eigenvalue weighted by Crippen LogP contribution is -1.92. The molecule has 1 heteroatoms. The summed E-state index contributed by atoms with van der Waals surface area (Å²) in [5, 5.41) is 4.88. The van der Waals surface area contributed by atoms with E-state index in [-0.39, 0.29) is 0 Å². The summed E-state index contributed by atoms with van der Waals surface area (Å²) in [4.78, 5) is 0. The van der Waals surface area contributed by atoms with Gasteiger partial charge in [0, 0.05) is 0 Å². The van der Waals surface area contributed by atoms with Crippen molar-refractivity contribution < 1.29 is 0 Å². The van der Waals surface area contributed by atoms with Crippen LogP contribution in [0.2, 0.25) is 0 Å². The van der Waals surface area contributed by atoms with Crippen molar-refractivity contribution in [1.29, 1.82) is 0 Å². The van der Waals surface area contributed by atoms with Crippen molar-refractivity contribution in [3.05, 3.63) is 21.9 Å². The zero-order valence-electron chi connectivity index (χ0n) is 23.7. The maximum atomic E-state index is 2.44. The Kier molecular flexibility index (Phi) is 24.1. The molecular formula is C33H62S. The average molecular weight is 491 g/mol. The molecule has 200 valence electrons. The van der Waals surface area contributed by atoms with Gasteiger partial charge in [-0.3, -0.25) is 0 Å². The lowest BCUT2D eigenvalue weighted by atomic mass is 9.99. The van der Waals surface area contributed by atoms with Crippen LogP contribution in [0.25, 0.3) is 0 Å². The van der Waals surface area contributed by atoms with E-state index in [0.717, 1.165) is 0 Å². The van der Waals surface area contributed by atoms with Gasteiger partial charge in [-0.15, -0.1) is 0 Å². The zero-order valence-corrected chi connectivity index (χ0v) is 24.5. The largest absolute Gasteiger partial charge is 0.152 e. The van der Waals surface area contributed by atoms with Crippen LogP contribution < -0.4 is 0 Å². The number of rotatable bonds is 27. The number of thiophene rings is 1. The number of aryl methyl sites for hydroxylation is 2. The summed E-state index contributed by atoms with van der Waals surface area (Å²) in [5.74, 6) is 0. The van der Waals surface area contributed by atoms with Crippen LogP contribution in [0.4, 0.5) is 0 Å². The summed E-state index contributed by atoms with van der Waals surface area (Å²) in [5.41, 5.74) is 3.35. The van der Waals surface area contributed by atoms with Crippen molar-refractivity contribution in [3.8, 4) is 0 Å². The highest BCUT2D eigenvalue weighted by Gasteiger charge is 2.04. The first-order valence-corrected chi connectivity index (χ1v) is 16.9. The fraction of sp³-hybridized carbons (Fsp3) is 0.879. The molecule has 1 aromatic rings. The second-order valence-corrected chi connectivity index (χ2v) is 11.8. The average Bonchev–Trinajstić information content (AvgIpc) is 3.30. The zero-order chi connectivity index (χ0) is 24.4. The van der Waals surface area contributed by atoms with Crippen LogP contribution in [0.1, 0.15) is 185 Å². The molecule has 0 N–H and O–H groups in total. The summed E-state index contributed by atoms with van der Waals surface area (Å²) in [6.45, 7) is 4.61. The molecule has 0 saturated heterocycles. The van der Waals surface area contributed by atoms with E-state index in [2.05, 4.69) is 24.6 Å². The van der Waals surface area contributed by atoms with Gasteiger partial charge in [-0.25, -0.2) is 0 Å². The van der Waals surface area contributed by atoms with Gasteiger partial charge < -0.3 is 0 Å². The predicted molar refractivity (Wildman–Crippen MR) is 158 cm³/mol. The maximum Gasteiger partial charge on any atom is -0.00584 e. The Bertz CT molecular complexity index is 502. The Balaban J connectivity index is 1.85. The third-order valence-electron chi connectivity index (χ3n) is 7.68. The minimum atomic E-state index is 1.33. The van der Waals surface area contributed by atoms with Crippen LogP contribution >= 0.6 is 11.3 Å². The first-order chi connectivity index (χ1) is 16.9. The van der Waals surface area contributed by atoms with Crippen molar-refractivity contribution in [2.75, 3.05) is 0 Å². The Labute approximate surface area is 220 Å². The standard InChI is InChI=1S/C33H62S/c1-3-5-7-9-11-13-14-15-16-17-18-19-21-23-25-27-29-33-31-34-30-32(33)28-26-24-22-20-12-10-8-6-4-2/h30-31H,3-29H2,1-2H3. The molecule has 34 heavy (non-hydrogen) atoms. The normalized spacial score (nSPS) is 11.5. The molecule has 0 amide bonds. The van der Waals surface area contributed by atoms with Gasteiger partial charge in [0.2, 0.25) is 0 Å². The van der Waals surface area contributed by atoms with Crippen molar-refractivity contribution in [2.45, 2.75) is 187 Å². The SMILES string of the molecule is CCCCCCCCCCCCCCCCCCc1cscc1CCCCCCCCCCC. The lowest BCUT2D eigenvalue weighted by molar-refractivity contribution is 0.529. The highest BCUT2D eigenvalue weighted by Crippen LogP contribution is 2.21. The monoisotopic (exact) mass is 490 g/mol. The molecule has 0 nitrogen and oxygen atoms in total. The topological polar surface area (TPSA) is 0 Å². The number of hydrogen-bond acceptors (Lipinski definition) is 1.